The van der Waals surface area contributed by atoms with Gasteiger partial charge in [0.15, 0.2) is 0 Å². The zero-order valence-corrected chi connectivity index (χ0v) is 32.2. The maximum absolute atomic E-state index is 12.8. The SMILES string of the molecule is CCCCCCCCCCCCCCCCC(=O)OC1CCC2(C)C(CCC3C2CCC2(C)C(C(C)CCC(=O)NCC(=O)O)CCC32)C1. The molecule has 0 heterocycles. The first-order valence-corrected chi connectivity index (χ1v) is 21.3. The summed E-state index contributed by atoms with van der Waals surface area (Å²) in [6, 6.07) is 0. The highest BCUT2D eigenvalue weighted by molar-refractivity contribution is 5.81. The van der Waals surface area contributed by atoms with Crippen molar-refractivity contribution < 1.29 is 24.2 Å². The summed E-state index contributed by atoms with van der Waals surface area (Å²) in [6.45, 7) is 9.48. The number of ether oxygens (including phenoxy) is 1. The summed E-state index contributed by atoms with van der Waals surface area (Å²) < 4.78 is 6.13. The van der Waals surface area contributed by atoms with E-state index in [1.165, 1.54) is 122 Å². The van der Waals surface area contributed by atoms with Crippen molar-refractivity contribution in [1.29, 1.82) is 0 Å². The molecule has 2 N–H and O–H groups in total. The Morgan fingerprint density at radius 2 is 1.33 bits per heavy atom. The summed E-state index contributed by atoms with van der Waals surface area (Å²) in [5.41, 5.74) is 0.717. The van der Waals surface area contributed by atoms with E-state index in [2.05, 4.69) is 33.0 Å². The van der Waals surface area contributed by atoms with E-state index in [4.69, 9.17) is 9.84 Å². The average molecular weight is 686 g/mol. The number of aliphatic carboxylic acids is 1. The van der Waals surface area contributed by atoms with E-state index in [0.717, 1.165) is 49.9 Å². The molecule has 4 aliphatic rings. The number of carboxylic acid groups (broad SMARTS) is 1. The van der Waals surface area contributed by atoms with Gasteiger partial charge < -0.3 is 15.2 Å². The number of amides is 1. The second-order valence-corrected chi connectivity index (χ2v) is 17.8. The summed E-state index contributed by atoms with van der Waals surface area (Å²) in [5, 5.41) is 11.4. The minimum atomic E-state index is -0.988. The summed E-state index contributed by atoms with van der Waals surface area (Å²) in [4.78, 5) is 35.8. The Bertz CT molecular complexity index is 1030. The maximum Gasteiger partial charge on any atom is 0.322 e. The molecule has 0 bridgehead atoms. The predicted octanol–water partition coefficient (Wildman–Crippen LogP) is 11.0. The molecule has 4 aliphatic carbocycles. The third-order valence-corrected chi connectivity index (χ3v) is 14.7. The minimum Gasteiger partial charge on any atom is -0.480 e. The molecule has 9 atom stereocenters. The van der Waals surface area contributed by atoms with E-state index in [-0.39, 0.29) is 24.5 Å². The maximum atomic E-state index is 12.8. The van der Waals surface area contributed by atoms with Gasteiger partial charge in [-0.15, -0.1) is 0 Å². The van der Waals surface area contributed by atoms with E-state index in [1.807, 2.05) is 0 Å². The molecule has 49 heavy (non-hydrogen) atoms. The van der Waals surface area contributed by atoms with Gasteiger partial charge in [0.1, 0.15) is 12.6 Å². The molecule has 0 saturated heterocycles. The number of nitrogens with one attached hydrogen (secondary N) is 1. The van der Waals surface area contributed by atoms with E-state index >= 15 is 0 Å². The molecule has 0 aromatic heterocycles. The van der Waals surface area contributed by atoms with Crippen molar-refractivity contribution >= 4 is 17.8 Å². The van der Waals surface area contributed by atoms with Gasteiger partial charge in [-0.05, 0) is 117 Å². The lowest BCUT2D eigenvalue weighted by atomic mass is 9.44. The second kappa shape index (κ2) is 19.9. The fourth-order valence-electron chi connectivity index (χ4n) is 11.8. The molecule has 0 spiro atoms. The zero-order chi connectivity index (χ0) is 35.3. The number of carbonyl (C=O) groups is 3. The predicted molar refractivity (Wildman–Crippen MR) is 199 cm³/mol. The molecule has 0 radical (unpaired) electrons. The van der Waals surface area contributed by atoms with Crippen LogP contribution in [0.2, 0.25) is 0 Å². The molecule has 9 unspecified atom stereocenters. The Morgan fingerprint density at radius 1 is 0.735 bits per heavy atom. The number of esters is 1. The summed E-state index contributed by atoms with van der Waals surface area (Å²) in [5.74, 6) is 3.07. The van der Waals surface area contributed by atoms with Crippen LogP contribution in [0.25, 0.3) is 0 Å². The van der Waals surface area contributed by atoms with Crippen molar-refractivity contribution in [2.45, 2.75) is 201 Å². The van der Waals surface area contributed by atoms with Crippen LogP contribution < -0.4 is 5.32 Å². The number of unbranched alkanes of at least 4 members (excludes halogenated alkanes) is 13. The number of rotatable bonds is 22. The van der Waals surface area contributed by atoms with Crippen molar-refractivity contribution in [1.82, 2.24) is 5.32 Å². The van der Waals surface area contributed by atoms with Crippen LogP contribution in [0.4, 0.5) is 0 Å². The number of hydrogen-bond acceptors (Lipinski definition) is 4. The van der Waals surface area contributed by atoms with Crippen LogP contribution in [-0.4, -0.2) is 35.6 Å². The highest BCUT2D eigenvalue weighted by Crippen LogP contribution is 2.68. The number of carboxylic acids is 1. The molecule has 0 aliphatic heterocycles. The minimum absolute atomic E-state index is 0.0418. The van der Waals surface area contributed by atoms with Gasteiger partial charge in [-0.1, -0.05) is 111 Å². The summed E-state index contributed by atoms with van der Waals surface area (Å²) in [7, 11) is 0. The lowest BCUT2D eigenvalue weighted by Gasteiger charge is -2.61. The molecular weight excluding hydrogens is 610 g/mol. The molecule has 282 valence electrons. The van der Waals surface area contributed by atoms with Gasteiger partial charge in [0.25, 0.3) is 0 Å². The monoisotopic (exact) mass is 686 g/mol. The summed E-state index contributed by atoms with van der Waals surface area (Å²) in [6.07, 6.45) is 31.7. The standard InChI is InChI=1S/C43H75NO5/c1-5-6-7-8-9-10-11-12-13-14-15-16-17-18-19-41(48)49-34-26-28-42(3)33(30-34)21-22-35-37-24-23-36(43(37,4)29-27-38(35)42)32(2)20-25-39(45)44-31-40(46)47/h32-38H,5-31H2,1-4H3,(H,44,45)(H,46,47). The topological polar surface area (TPSA) is 92.7 Å². The molecule has 4 saturated carbocycles. The lowest BCUT2D eigenvalue weighted by Crippen LogP contribution is -2.54. The summed E-state index contributed by atoms with van der Waals surface area (Å²) >= 11 is 0. The fourth-order valence-corrected chi connectivity index (χ4v) is 11.8. The fraction of sp³-hybridized carbons (Fsp3) is 0.930. The van der Waals surface area contributed by atoms with Gasteiger partial charge in [-0.25, -0.2) is 0 Å². The number of carbonyl (C=O) groups excluding carboxylic acids is 2. The highest BCUT2D eigenvalue weighted by Gasteiger charge is 2.60. The van der Waals surface area contributed by atoms with Crippen molar-refractivity contribution in [2.24, 2.45) is 46.3 Å². The Kier molecular flexibility index (Phi) is 16.3. The third-order valence-electron chi connectivity index (χ3n) is 14.7. The van der Waals surface area contributed by atoms with Crippen LogP contribution in [0.1, 0.15) is 195 Å². The molecular formula is C43H75NO5. The number of hydrogen-bond donors (Lipinski definition) is 2. The van der Waals surface area contributed by atoms with Crippen molar-refractivity contribution in [2.75, 3.05) is 6.54 Å². The van der Waals surface area contributed by atoms with E-state index in [9.17, 15) is 14.4 Å². The van der Waals surface area contributed by atoms with Gasteiger partial charge in [0.2, 0.25) is 5.91 Å². The molecule has 4 fully saturated rings. The largest absolute Gasteiger partial charge is 0.480 e. The van der Waals surface area contributed by atoms with Crippen LogP contribution in [-0.2, 0) is 19.1 Å². The van der Waals surface area contributed by atoms with Crippen LogP contribution in [0.3, 0.4) is 0 Å². The Labute approximate surface area is 300 Å². The number of fused-ring (bicyclic) bond motifs is 5. The van der Waals surface area contributed by atoms with Gasteiger partial charge in [0, 0.05) is 12.8 Å². The first kappa shape index (κ1) is 40.2. The van der Waals surface area contributed by atoms with Crippen LogP contribution in [0.15, 0.2) is 0 Å². The second-order valence-electron chi connectivity index (χ2n) is 17.8. The first-order chi connectivity index (χ1) is 23.6. The zero-order valence-electron chi connectivity index (χ0n) is 32.2. The highest BCUT2D eigenvalue weighted by atomic mass is 16.5. The molecule has 0 aromatic rings. The van der Waals surface area contributed by atoms with E-state index in [1.54, 1.807) is 0 Å². The van der Waals surface area contributed by atoms with Gasteiger partial charge in [0.05, 0.1) is 0 Å². The first-order valence-electron chi connectivity index (χ1n) is 21.3. The Morgan fingerprint density at radius 3 is 1.96 bits per heavy atom. The normalized spacial score (nSPS) is 32.8. The van der Waals surface area contributed by atoms with Gasteiger partial charge in [-0.2, -0.15) is 0 Å². The molecule has 1 amide bonds. The van der Waals surface area contributed by atoms with Gasteiger partial charge >= 0.3 is 11.9 Å². The Hall–Kier alpha value is -1.59. The quantitative estimate of drug-likeness (QED) is 0.0874. The van der Waals surface area contributed by atoms with Gasteiger partial charge in [-0.3, -0.25) is 14.4 Å². The molecule has 6 nitrogen and oxygen atoms in total. The molecule has 0 aromatic carbocycles. The lowest BCUT2D eigenvalue weighted by molar-refractivity contribution is -0.162. The van der Waals surface area contributed by atoms with Crippen LogP contribution in [0, 0.1) is 46.3 Å². The Balaban J connectivity index is 1.11. The van der Waals surface area contributed by atoms with E-state index < -0.39 is 5.97 Å². The van der Waals surface area contributed by atoms with E-state index in [0.29, 0.717) is 41.4 Å². The molecule has 6 heteroatoms. The van der Waals surface area contributed by atoms with Crippen molar-refractivity contribution in [3.8, 4) is 0 Å². The average Bonchev–Trinajstić information content (AvgIpc) is 3.44. The van der Waals surface area contributed by atoms with Crippen molar-refractivity contribution in [3.63, 3.8) is 0 Å². The van der Waals surface area contributed by atoms with Crippen LogP contribution in [0.5, 0.6) is 0 Å². The van der Waals surface area contributed by atoms with Crippen molar-refractivity contribution in [3.05, 3.63) is 0 Å². The third kappa shape index (κ3) is 11.2. The van der Waals surface area contributed by atoms with Crippen LogP contribution >= 0.6 is 0 Å². The molecule has 4 rings (SSSR count). The smallest absolute Gasteiger partial charge is 0.322 e.